The van der Waals surface area contributed by atoms with Gasteiger partial charge in [-0.15, -0.1) is 0 Å². The Morgan fingerprint density at radius 3 is 2.78 bits per heavy atom. The van der Waals surface area contributed by atoms with Crippen molar-refractivity contribution in [2.24, 2.45) is 10.9 Å². The van der Waals surface area contributed by atoms with Gasteiger partial charge in [0, 0.05) is 31.8 Å². The molecule has 1 atom stereocenters. The van der Waals surface area contributed by atoms with Crippen molar-refractivity contribution in [1.29, 1.82) is 0 Å². The SMILES string of the molecule is CCCCOC(=O)C1CC(=O)N(CCCN=C2CCCCC2)C1. The van der Waals surface area contributed by atoms with Crippen LogP contribution in [0, 0.1) is 5.92 Å². The maximum Gasteiger partial charge on any atom is 0.311 e. The molecule has 1 saturated heterocycles. The molecule has 1 aliphatic heterocycles. The summed E-state index contributed by atoms with van der Waals surface area (Å²) in [6, 6.07) is 0. The van der Waals surface area contributed by atoms with Crippen LogP contribution in [0.1, 0.15) is 64.7 Å². The van der Waals surface area contributed by atoms with Gasteiger partial charge in [0.2, 0.25) is 5.91 Å². The number of ether oxygens (including phenoxy) is 1. The zero-order chi connectivity index (χ0) is 16.5. The van der Waals surface area contributed by atoms with E-state index in [4.69, 9.17) is 4.74 Å². The van der Waals surface area contributed by atoms with Crippen LogP contribution < -0.4 is 0 Å². The molecule has 2 aliphatic rings. The smallest absolute Gasteiger partial charge is 0.311 e. The van der Waals surface area contributed by atoms with Crippen LogP contribution in [-0.4, -0.2) is 48.7 Å². The molecule has 0 aromatic rings. The molecule has 5 nitrogen and oxygen atoms in total. The normalized spacial score (nSPS) is 21.6. The van der Waals surface area contributed by atoms with E-state index in [-0.39, 0.29) is 17.8 Å². The highest BCUT2D eigenvalue weighted by molar-refractivity contribution is 5.87. The van der Waals surface area contributed by atoms with Crippen LogP contribution in [0.2, 0.25) is 0 Å². The third-order valence-electron chi connectivity index (χ3n) is 4.64. The van der Waals surface area contributed by atoms with Gasteiger partial charge in [-0.05, 0) is 38.5 Å². The van der Waals surface area contributed by atoms with E-state index < -0.39 is 0 Å². The van der Waals surface area contributed by atoms with E-state index in [1.54, 1.807) is 4.90 Å². The Labute approximate surface area is 139 Å². The molecule has 0 N–H and O–H groups in total. The number of carbonyl (C=O) groups excluding carboxylic acids is 2. The van der Waals surface area contributed by atoms with Crippen molar-refractivity contribution < 1.29 is 14.3 Å². The number of rotatable bonds is 8. The summed E-state index contributed by atoms with van der Waals surface area (Å²) in [5, 5.41) is 0. The van der Waals surface area contributed by atoms with Crippen LogP contribution in [0.4, 0.5) is 0 Å². The zero-order valence-corrected chi connectivity index (χ0v) is 14.4. The standard InChI is InChI=1S/C18H30N2O3/c1-2-3-12-23-18(22)15-13-17(21)20(14-15)11-7-10-19-16-8-5-4-6-9-16/h15H,2-14H2,1H3. The lowest BCUT2D eigenvalue weighted by atomic mass is 9.98. The third kappa shape index (κ3) is 5.96. The molecule has 130 valence electrons. The van der Waals surface area contributed by atoms with Gasteiger partial charge in [-0.1, -0.05) is 19.8 Å². The zero-order valence-electron chi connectivity index (χ0n) is 14.4. The largest absolute Gasteiger partial charge is 0.465 e. The van der Waals surface area contributed by atoms with Gasteiger partial charge < -0.3 is 9.64 Å². The number of carbonyl (C=O) groups is 2. The first-order chi connectivity index (χ1) is 11.2. The van der Waals surface area contributed by atoms with Gasteiger partial charge in [-0.3, -0.25) is 14.6 Å². The Bertz CT molecular complexity index is 426. The summed E-state index contributed by atoms with van der Waals surface area (Å²) in [4.78, 5) is 30.4. The minimum Gasteiger partial charge on any atom is -0.465 e. The molecular weight excluding hydrogens is 292 g/mol. The van der Waals surface area contributed by atoms with Crippen LogP contribution in [0.5, 0.6) is 0 Å². The fraction of sp³-hybridized carbons (Fsp3) is 0.833. The number of likely N-dealkylation sites (tertiary alicyclic amines) is 1. The molecular formula is C18H30N2O3. The summed E-state index contributed by atoms with van der Waals surface area (Å²) in [6.07, 6.45) is 9.24. The molecule has 2 fully saturated rings. The van der Waals surface area contributed by atoms with E-state index in [0.717, 1.165) is 38.6 Å². The van der Waals surface area contributed by atoms with E-state index in [1.165, 1.54) is 25.0 Å². The molecule has 2 rings (SSSR count). The van der Waals surface area contributed by atoms with Crippen molar-refractivity contribution >= 4 is 17.6 Å². The van der Waals surface area contributed by atoms with E-state index in [9.17, 15) is 9.59 Å². The predicted octanol–water partition coefficient (Wildman–Crippen LogP) is 2.97. The minimum absolute atomic E-state index is 0.0766. The molecule has 1 amide bonds. The lowest BCUT2D eigenvalue weighted by Crippen LogP contribution is -2.28. The Kier molecular flexibility index (Phi) is 7.56. The molecule has 0 aromatic carbocycles. The molecule has 0 bridgehead atoms. The van der Waals surface area contributed by atoms with Gasteiger partial charge in [0.15, 0.2) is 0 Å². The monoisotopic (exact) mass is 322 g/mol. The number of esters is 1. The quantitative estimate of drug-likeness (QED) is 0.510. The van der Waals surface area contributed by atoms with Gasteiger partial charge in [0.05, 0.1) is 12.5 Å². The van der Waals surface area contributed by atoms with Crippen LogP contribution >= 0.6 is 0 Å². The van der Waals surface area contributed by atoms with E-state index in [2.05, 4.69) is 11.9 Å². The number of nitrogens with zero attached hydrogens (tertiary/aromatic N) is 2. The lowest BCUT2D eigenvalue weighted by Gasteiger charge is -2.16. The molecule has 5 heteroatoms. The predicted molar refractivity (Wildman–Crippen MR) is 90.6 cm³/mol. The van der Waals surface area contributed by atoms with Gasteiger partial charge in [-0.25, -0.2) is 0 Å². The summed E-state index contributed by atoms with van der Waals surface area (Å²) < 4.78 is 5.23. The Balaban J connectivity index is 1.65. The van der Waals surface area contributed by atoms with Crippen LogP contribution in [0.25, 0.3) is 0 Å². The second-order valence-corrected chi connectivity index (χ2v) is 6.62. The Hall–Kier alpha value is -1.39. The Morgan fingerprint density at radius 2 is 2.04 bits per heavy atom. The first kappa shape index (κ1) is 18.0. The molecule has 1 saturated carbocycles. The summed E-state index contributed by atoms with van der Waals surface area (Å²) in [5.41, 5.74) is 1.35. The highest BCUT2D eigenvalue weighted by Gasteiger charge is 2.34. The van der Waals surface area contributed by atoms with Gasteiger partial charge >= 0.3 is 5.97 Å². The molecule has 1 aliphatic carbocycles. The van der Waals surface area contributed by atoms with Crippen molar-refractivity contribution in [3.05, 3.63) is 0 Å². The molecule has 0 radical (unpaired) electrons. The highest BCUT2D eigenvalue weighted by atomic mass is 16.5. The van der Waals surface area contributed by atoms with Crippen molar-refractivity contribution in [3.63, 3.8) is 0 Å². The summed E-state index contributed by atoms with van der Waals surface area (Å²) in [5.74, 6) is -0.409. The van der Waals surface area contributed by atoms with Crippen molar-refractivity contribution in [2.45, 2.75) is 64.7 Å². The first-order valence-electron chi connectivity index (χ1n) is 9.17. The topological polar surface area (TPSA) is 59.0 Å². The van der Waals surface area contributed by atoms with Gasteiger partial charge in [0.1, 0.15) is 0 Å². The van der Waals surface area contributed by atoms with Gasteiger partial charge in [-0.2, -0.15) is 0 Å². The first-order valence-corrected chi connectivity index (χ1v) is 9.17. The molecule has 1 heterocycles. The second kappa shape index (κ2) is 9.68. The number of amides is 1. The fourth-order valence-corrected chi connectivity index (χ4v) is 3.20. The summed E-state index contributed by atoms with van der Waals surface area (Å²) >= 11 is 0. The Morgan fingerprint density at radius 1 is 1.26 bits per heavy atom. The number of unbranched alkanes of at least 4 members (excludes halogenated alkanes) is 1. The molecule has 0 aromatic heterocycles. The van der Waals surface area contributed by atoms with E-state index in [1.807, 2.05) is 0 Å². The minimum atomic E-state index is -0.274. The van der Waals surface area contributed by atoms with Crippen LogP contribution in [0.3, 0.4) is 0 Å². The van der Waals surface area contributed by atoms with Crippen molar-refractivity contribution in [1.82, 2.24) is 4.90 Å². The number of hydrogen-bond acceptors (Lipinski definition) is 4. The summed E-state index contributed by atoms with van der Waals surface area (Å²) in [6.45, 7) is 4.54. The fourth-order valence-electron chi connectivity index (χ4n) is 3.20. The van der Waals surface area contributed by atoms with Crippen molar-refractivity contribution in [3.8, 4) is 0 Å². The second-order valence-electron chi connectivity index (χ2n) is 6.62. The molecule has 0 spiro atoms. The third-order valence-corrected chi connectivity index (χ3v) is 4.64. The average Bonchev–Trinajstić information content (AvgIpc) is 2.94. The lowest BCUT2D eigenvalue weighted by molar-refractivity contribution is -0.148. The average molecular weight is 322 g/mol. The van der Waals surface area contributed by atoms with E-state index >= 15 is 0 Å². The maximum atomic E-state index is 12.0. The number of hydrogen-bond donors (Lipinski definition) is 0. The molecule has 1 unspecified atom stereocenters. The number of aliphatic imine (C=N–C) groups is 1. The summed E-state index contributed by atoms with van der Waals surface area (Å²) in [7, 11) is 0. The van der Waals surface area contributed by atoms with E-state index in [0.29, 0.717) is 26.1 Å². The van der Waals surface area contributed by atoms with Crippen molar-refractivity contribution in [2.75, 3.05) is 26.2 Å². The molecule has 23 heavy (non-hydrogen) atoms. The van der Waals surface area contributed by atoms with Crippen LogP contribution in [0.15, 0.2) is 4.99 Å². The maximum absolute atomic E-state index is 12.0. The van der Waals surface area contributed by atoms with Crippen LogP contribution in [-0.2, 0) is 14.3 Å². The highest BCUT2D eigenvalue weighted by Crippen LogP contribution is 2.20. The van der Waals surface area contributed by atoms with Gasteiger partial charge in [0.25, 0.3) is 0 Å².